The highest BCUT2D eigenvalue weighted by Crippen LogP contribution is 2.33. The van der Waals surface area contributed by atoms with Gasteiger partial charge in [0, 0.05) is 12.1 Å². The summed E-state index contributed by atoms with van der Waals surface area (Å²) < 4.78 is 53.4. The summed E-state index contributed by atoms with van der Waals surface area (Å²) >= 11 is 2.70. The van der Waals surface area contributed by atoms with E-state index in [0.717, 1.165) is 6.07 Å². The van der Waals surface area contributed by atoms with E-state index in [2.05, 4.69) is 20.7 Å². The second-order valence-corrected chi connectivity index (χ2v) is 4.21. The minimum atomic E-state index is -4.93. The minimum Gasteiger partial charge on any atom is -0.484 e. The molecule has 1 aromatic carbocycles. The van der Waals surface area contributed by atoms with Gasteiger partial charge in [-0.2, -0.15) is 13.2 Å². The molecule has 1 N–H and O–H groups in total. The van der Waals surface area contributed by atoms with Crippen LogP contribution in [0, 0.1) is 15.9 Å². The van der Waals surface area contributed by atoms with E-state index < -0.39 is 41.1 Å². The van der Waals surface area contributed by atoms with Crippen molar-refractivity contribution in [2.75, 3.05) is 6.61 Å². The third kappa shape index (κ3) is 4.03. The van der Waals surface area contributed by atoms with E-state index in [1.807, 2.05) is 0 Å². The van der Waals surface area contributed by atoms with Gasteiger partial charge in [-0.1, -0.05) is 0 Å². The van der Waals surface area contributed by atoms with Crippen molar-refractivity contribution >= 4 is 21.6 Å². The highest BCUT2D eigenvalue weighted by Gasteiger charge is 2.39. The second-order valence-electron chi connectivity index (χ2n) is 3.36. The summed E-state index contributed by atoms with van der Waals surface area (Å²) in [5.41, 5.74) is -0.720. The number of halogens is 5. The Morgan fingerprint density at radius 1 is 1.47 bits per heavy atom. The Hall–Kier alpha value is -1.42. The molecule has 0 heterocycles. The molecule has 0 unspecified atom stereocenters. The fourth-order valence-electron chi connectivity index (χ4n) is 1.04. The molecule has 0 aromatic heterocycles. The van der Waals surface area contributed by atoms with E-state index in [-0.39, 0.29) is 4.47 Å². The Morgan fingerprint density at radius 2 is 2.05 bits per heavy atom. The Morgan fingerprint density at radius 3 is 2.53 bits per heavy atom. The molecule has 1 rings (SSSR count). The van der Waals surface area contributed by atoms with Gasteiger partial charge in [-0.15, -0.1) is 0 Å². The van der Waals surface area contributed by atoms with Crippen molar-refractivity contribution in [1.29, 1.82) is 0 Å². The lowest BCUT2D eigenvalue weighted by atomic mass is 10.3. The van der Waals surface area contributed by atoms with Crippen LogP contribution in [0.25, 0.3) is 0 Å². The number of aliphatic hydroxyl groups excluding tert-OH is 1. The van der Waals surface area contributed by atoms with Gasteiger partial charge in [-0.05, 0) is 15.9 Å². The van der Waals surface area contributed by atoms with E-state index in [4.69, 9.17) is 5.11 Å². The van der Waals surface area contributed by atoms with Crippen LogP contribution in [0.3, 0.4) is 0 Å². The maximum atomic E-state index is 13.1. The Kier molecular flexibility index (Phi) is 4.69. The van der Waals surface area contributed by atoms with Crippen LogP contribution in [0.15, 0.2) is 16.6 Å². The largest absolute Gasteiger partial charge is 0.484 e. The fourth-order valence-corrected chi connectivity index (χ4v) is 1.37. The molecule has 5 nitrogen and oxygen atoms in total. The van der Waals surface area contributed by atoms with Gasteiger partial charge in [0.05, 0.1) is 9.40 Å². The smallest absolute Gasteiger partial charge is 0.417 e. The molecule has 19 heavy (non-hydrogen) atoms. The molecule has 0 saturated heterocycles. The molecule has 0 amide bonds. The number of rotatable bonds is 4. The maximum Gasteiger partial charge on any atom is 0.417 e. The Labute approximate surface area is 112 Å². The summed E-state index contributed by atoms with van der Waals surface area (Å²) in [5.74, 6) is -1.64. The summed E-state index contributed by atoms with van der Waals surface area (Å²) in [7, 11) is 0. The van der Waals surface area contributed by atoms with Crippen LogP contribution in [-0.4, -0.2) is 28.9 Å². The Bertz CT molecular complexity index is 494. The number of aliphatic hydroxyl groups is 1. The normalized spacial score (nSPS) is 13.2. The van der Waals surface area contributed by atoms with E-state index in [1.165, 1.54) is 0 Å². The first kappa shape index (κ1) is 15.6. The average molecular weight is 348 g/mol. The van der Waals surface area contributed by atoms with Gasteiger partial charge in [0.2, 0.25) is 0 Å². The SMILES string of the molecule is O=[N+]([O-])c1cc(Br)c(F)cc1OC[C@H](O)C(F)(F)F. The van der Waals surface area contributed by atoms with E-state index in [1.54, 1.807) is 0 Å². The van der Waals surface area contributed by atoms with Crippen molar-refractivity contribution in [1.82, 2.24) is 0 Å². The molecule has 0 aliphatic carbocycles. The predicted molar refractivity (Wildman–Crippen MR) is 58.3 cm³/mol. The number of nitro benzene ring substituents is 1. The molecule has 0 radical (unpaired) electrons. The number of hydrogen-bond acceptors (Lipinski definition) is 4. The van der Waals surface area contributed by atoms with Gasteiger partial charge in [-0.3, -0.25) is 10.1 Å². The molecule has 0 spiro atoms. The van der Waals surface area contributed by atoms with Crippen LogP contribution in [0.1, 0.15) is 0 Å². The van der Waals surface area contributed by atoms with Crippen molar-refractivity contribution in [3.63, 3.8) is 0 Å². The molecule has 106 valence electrons. The topological polar surface area (TPSA) is 72.6 Å². The van der Waals surface area contributed by atoms with Crippen LogP contribution in [0.4, 0.5) is 23.2 Å². The first-order valence-electron chi connectivity index (χ1n) is 4.64. The summed E-state index contributed by atoms with van der Waals surface area (Å²) in [4.78, 5) is 9.68. The molecule has 0 aliphatic heterocycles. The third-order valence-corrected chi connectivity index (χ3v) is 2.58. The van der Waals surface area contributed by atoms with Crippen molar-refractivity contribution in [2.24, 2.45) is 0 Å². The lowest BCUT2D eigenvalue weighted by molar-refractivity contribution is -0.386. The minimum absolute atomic E-state index is 0.233. The van der Waals surface area contributed by atoms with Crippen LogP contribution < -0.4 is 4.74 Å². The number of hydrogen-bond donors (Lipinski definition) is 1. The highest BCUT2D eigenvalue weighted by atomic mass is 79.9. The maximum absolute atomic E-state index is 13.1. The molecular weight excluding hydrogens is 342 g/mol. The summed E-state index contributed by atoms with van der Waals surface area (Å²) in [5, 5.41) is 19.3. The summed E-state index contributed by atoms with van der Waals surface area (Å²) in [6, 6.07) is 1.32. The number of nitrogens with zero attached hydrogens (tertiary/aromatic N) is 1. The van der Waals surface area contributed by atoms with Gasteiger partial charge >= 0.3 is 11.9 Å². The number of benzene rings is 1. The van der Waals surface area contributed by atoms with Crippen molar-refractivity contribution in [3.8, 4) is 5.75 Å². The standard InChI is InChI=1S/C9H6BrF4NO4/c10-4-1-6(15(17)18)7(2-5(4)11)19-3-8(16)9(12,13)14/h1-2,8,16H,3H2/t8-/m0/s1. The highest BCUT2D eigenvalue weighted by molar-refractivity contribution is 9.10. The Balaban J connectivity index is 2.95. The zero-order valence-electron chi connectivity index (χ0n) is 8.95. The van der Waals surface area contributed by atoms with Crippen LogP contribution in [0.2, 0.25) is 0 Å². The van der Waals surface area contributed by atoms with E-state index in [0.29, 0.717) is 6.07 Å². The molecule has 0 saturated carbocycles. The van der Waals surface area contributed by atoms with Crippen LogP contribution >= 0.6 is 15.9 Å². The van der Waals surface area contributed by atoms with Gasteiger partial charge in [-0.25, -0.2) is 4.39 Å². The van der Waals surface area contributed by atoms with E-state index in [9.17, 15) is 27.7 Å². The monoisotopic (exact) mass is 347 g/mol. The number of alkyl halides is 3. The number of ether oxygens (including phenoxy) is 1. The van der Waals surface area contributed by atoms with Crippen molar-refractivity contribution in [2.45, 2.75) is 12.3 Å². The van der Waals surface area contributed by atoms with Gasteiger partial charge in [0.1, 0.15) is 12.4 Å². The summed E-state index contributed by atoms with van der Waals surface area (Å²) in [6.07, 6.45) is -7.75. The second kappa shape index (κ2) is 5.70. The molecular formula is C9H6BrF4NO4. The van der Waals surface area contributed by atoms with E-state index >= 15 is 0 Å². The van der Waals surface area contributed by atoms with Crippen molar-refractivity contribution < 1.29 is 32.3 Å². The lowest BCUT2D eigenvalue weighted by Gasteiger charge is -2.15. The first-order valence-corrected chi connectivity index (χ1v) is 5.43. The zero-order chi connectivity index (χ0) is 14.8. The fraction of sp³-hybridized carbons (Fsp3) is 0.333. The van der Waals surface area contributed by atoms with Crippen LogP contribution in [0.5, 0.6) is 5.75 Å². The third-order valence-electron chi connectivity index (χ3n) is 1.97. The average Bonchev–Trinajstić information content (AvgIpc) is 2.28. The molecule has 1 atom stereocenters. The molecule has 1 aromatic rings. The van der Waals surface area contributed by atoms with Crippen molar-refractivity contribution in [3.05, 3.63) is 32.5 Å². The predicted octanol–water partition coefficient (Wildman–Crippen LogP) is 2.80. The molecule has 0 bridgehead atoms. The molecule has 0 fully saturated rings. The number of nitro groups is 1. The van der Waals surface area contributed by atoms with Gasteiger partial charge in [0.15, 0.2) is 11.9 Å². The molecule has 10 heteroatoms. The lowest BCUT2D eigenvalue weighted by Crippen LogP contribution is -2.34. The van der Waals surface area contributed by atoms with Gasteiger partial charge < -0.3 is 9.84 Å². The summed E-state index contributed by atoms with van der Waals surface area (Å²) in [6.45, 7) is -1.27. The van der Waals surface area contributed by atoms with Gasteiger partial charge in [0.25, 0.3) is 0 Å². The quantitative estimate of drug-likeness (QED) is 0.516. The zero-order valence-corrected chi connectivity index (χ0v) is 10.5. The molecule has 0 aliphatic rings. The van der Waals surface area contributed by atoms with Crippen LogP contribution in [-0.2, 0) is 0 Å². The first-order chi connectivity index (χ1) is 8.62.